The predicted octanol–water partition coefficient (Wildman–Crippen LogP) is 3.43. The zero-order valence-electron chi connectivity index (χ0n) is 8.20. The summed E-state index contributed by atoms with van der Waals surface area (Å²) in [6.45, 7) is 5.02. The van der Waals surface area contributed by atoms with Gasteiger partial charge >= 0.3 is 0 Å². The smallest absolute Gasteiger partial charge is 0.0514 e. The van der Waals surface area contributed by atoms with Gasteiger partial charge in [-0.3, -0.25) is 0 Å². The Hall–Kier alpha value is -0.870. The highest BCUT2D eigenvalue weighted by Gasteiger charge is 2.00. The van der Waals surface area contributed by atoms with Gasteiger partial charge in [-0.15, -0.1) is 11.3 Å². The zero-order chi connectivity index (χ0) is 9.97. The Morgan fingerprint density at radius 1 is 1.36 bits per heavy atom. The molecule has 1 N–H and O–H groups in total. The number of nitrogens with one attached hydrogen (secondary N) is 1. The normalized spacial score (nSPS) is 10.4. The summed E-state index contributed by atoms with van der Waals surface area (Å²) in [6, 6.07) is 2.12. The number of rotatable bonds is 3. The van der Waals surface area contributed by atoms with Crippen LogP contribution in [0.1, 0.15) is 16.1 Å². The average Bonchev–Trinajstić information content (AvgIpc) is 2.72. The van der Waals surface area contributed by atoms with Crippen molar-refractivity contribution < 1.29 is 0 Å². The van der Waals surface area contributed by atoms with Crippen LogP contribution < -0.4 is 5.32 Å². The highest BCUT2D eigenvalue weighted by atomic mass is 32.1. The molecule has 0 atom stereocenters. The minimum Gasteiger partial charge on any atom is -0.379 e. The van der Waals surface area contributed by atoms with Gasteiger partial charge < -0.3 is 5.32 Å². The molecule has 2 heterocycles. The van der Waals surface area contributed by atoms with Crippen molar-refractivity contribution in [1.29, 1.82) is 0 Å². The molecule has 0 saturated heterocycles. The molecular weight excluding hydrogens is 212 g/mol. The maximum atomic E-state index is 4.24. The van der Waals surface area contributed by atoms with E-state index in [0.717, 1.165) is 12.2 Å². The molecule has 2 rings (SSSR count). The second-order valence-electron chi connectivity index (χ2n) is 3.26. The van der Waals surface area contributed by atoms with Crippen LogP contribution in [0.5, 0.6) is 0 Å². The van der Waals surface area contributed by atoms with Crippen molar-refractivity contribution in [1.82, 2.24) is 4.37 Å². The molecule has 14 heavy (non-hydrogen) atoms. The molecule has 0 fully saturated rings. The summed E-state index contributed by atoms with van der Waals surface area (Å²) in [5.74, 6) is 0. The summed E-state index contributed by atoms with van der Waals surface area (Å²) in [5, 5.41) is 7.70. The van der Waals surface area contributed by atoms with E-state index in [1.807, 2.05) is 6.92 Å². The lowest BCUT2D eigenvalue weighted by Crippen LogP contribution is -1.96. The average molecular weight is 224 g/mol. The fraction of sp³-hybridized carbons (Fsp3) is 0.300. The van der Waals surface area contributed by atoms with E-state index >= 15 is 0 Å². The lowest BCUT2D eigenvalue weighted by molar-refractivity contribution is 1.18. The van der Waals surface area contributed by atoms with E-state index in [9.17, 15) is 0 Å². The highest BCUT2D eigenvalue weighted by Crippen LogP contribution is 2.20. The number of thiophene rings is 1. The van der Waals surface area contributed by atoms with Crippen LogP contribution in [0.4, 0.5) is 5.69 Å². The summed E-state index contributed by atoms with van der Waals surface area (Å²) in [5.41, 5.74) is 3.66. The maximum Gasteiger partial charge on any atom is 0.0514 e. The van der Waals surface area contributed by atoms with Crippen molar-refractivity contribution in [3.05, 3.63) is 33.0 Å². The minimum atomic E-state index is 0.878. The number of hydrogen-bond acceptors (Lipinski definition) is 4. The van der Waals surface area contributed by atoms with E-state index in [-0.39, 0.29) is 0 Å². The van der Waals surface area contributed by atoms with Crippen molar-refractivity contribution in [3.63, 3.8) is 0 Å². The molecule has 0 amide bonds. The number of aryl methyl sites for hydroxylation is 2. The quantitative estimate of drug-likeness (QED) is 0.864. The van der Waals surface area contributed by atoms with Crippen molar-refractivity contribution in [2.45, 2.75) is 20.4 Å². The molecule has 4 heteroatoms. The molecule has 2 nitrogen and oxygen atoms in total. The number of anilines is 1. The Bertz CT molecular complexity index is 417. The lowest BCUT2D eigenvalue weighted by Gasteiger charge is -2.02. The van der Waals surface area contributed by atoms with Crippen LogP contribution >= 0.6 is 22.9 Å². The third kappa shape index (κ3) is 2.13. The molecule has 74 valence electrons. The van der Waals surface area contributed by atoms with E-state index in [2.05, 4.69) is 33.4 Å². The molecule has 2 aromatic rings. The fourth-order valence-electron chi connectivity index (χ4n) is 1.22. The van der Waals surface area contributed by atoms with Crippen LogP contribution in [0.15, 0.2) is 16.8 Å². The van der Waals surface area contributed by atoms with Crippen molar-refractivity contribution in [2.75, 3.05) is 5.32 Å². The van der Waals surface area contributed by atoms with Gasteiger partial charge in [0.2, 0.25) is 0 Å². The van der Waals surface area contributed by atoms with Gasteiger partial charge in [-0.2, -0.15) is 4.37 Å². The third-order valence-corrected chi connectivity index (χ3v) is 3.72. The van der Waals surface area contributed by atoms with Gasteiger partial charge in [-0.1, -0.05) is 0 Å². The van der Waals surface area contributed by atoms with Crippen LogP contribution in [0, 0.1) is 13.8 Å². The molecule has 0 bridgehead atoms. The monoisotopic (exact) mass is 224 g/mol. The molecule has 0 aliphatic heterocycles. The summed E-state index contributed by atoms with van der Waals surface area (Å²) >= 11 is 3.30. The fourth-order valence-corrected chi connectivity index (χ4v) is 2.70. The first-order valence-electron chi connectivity index (χ1n) is 4.44. The first-order chi connectivity index (χ1) is 6.75. The molecule has 0 unspecified atom stereocenters. The van der Waals surface area contributed by atoms with E-state index < -0.39 is 0 Å². The summed E-state index contributed by atoms with van der Waals surface area (Å²) in [6.07, 6.45) is 0. The Balaban J connectivity index is 1.98. The summed E-state index contributed by atoms with van der Waals surface area (Å²) in [7, 11) is 0. The van der Waals surface area contributed by atoms with Crippen LogP contribution in [0.2, 0.25) is 0 Å². The first kappa shape index (κ1) is 9.68. The maximum absolute atomic E-state index is 4.24. The molecule has 0 aliphatic rings. The Labute approximate surface area is 91.8 Å². The van der Waals surface area contributed by atoms with Crippen LogP contribution in [0.25, 0.3) is 0 Å². The summed E-state index contributed by atoms with van der Waals surface area (Å²) < 4.78 is 4.24. The molecule has 0 spiro atoms. The molecule has 0 aromatic carbocycles. The van der Waals surface area contributed by atoms with Gasteiger partial charge in [-0.25, -0.2) is 0 Å². The molecule has 2 aromatic heterocycles. The summed E-state index contributed by atoms with van der Waals surface area (Å²) in [4.78, 5) is 1.29. The van der Waals surface area contributed by atoms with E-state index in [1.165, 1.54) is 16.1 Å². The van der Waals surface area contributed by atoms with Gasteiger partial charge in [0.15, 0.2) is 0 Å². The second kappa shape index (κ2) is 4.11. The van der Waals surface area contributed by atoms with E-state index in [1.54, 1.807) is 22.9 Å². The van der Waals surface area contributed by atoms with Crippen LogP contribution in [0.3, 0.4) is 0 Å². The van der Waals surface area contributed by atoms with Gasteiger partial charge in [0, 0.05) is 15.9 Å². The van der Waals surface area contributed by atoms with Gasteiger partial charge in [0.1, 0.15) is 0 Å². The minimum absolute atomic E-state index is 0.878. The topological polar surface area (TPSA) is 24.9 Å². The zero-order valence-corrected chi connectivity index (χ0v) is 9.84. The lowest BCUT2D eigenvalue weighted by atomic mass is 10.3. The third-order valence-electron chi connectivity index (χ3n) is 1.99. The Kier molecular flexibility index (Phi) is 2.84. The SMILES string of the molecule is Cc1cc(CNc2cscc2C)sn1. The highest BCUT2D eigenvalue weighted by molar-refractivity contribution is 7.08. The number of hydrogen-bond donors (Lipinski definition) is 1. The van der Waals surface area contributed by atoms with Gasteiger partial charge in [0.05, 0.1) is 12.2 Å². The molecule has 0 aliphatic carbocycles. The molecule has 0 saturated carbocycles. The number of nitrogens with zero attached hydrogens (tertiary/aromatic N) is 1. The van der Waals surface area contributed by atoms with Gasteiger partial charge in [-0.05, 0) is 42.4 Å². The van der Waals surface area contributed by atoms with Crippen molar-refractivity contribution in [3.8, 4) is 0 Å². The van der Waals surface area contributed by atoms with Crippen molar-refractivity contribution in [2.24, 2.45) is 0 Å². The van der Waals surface area contributed by atoms with E-state index in [0.29, 0.717) is 0 Å². The molecular formula is C10H12N2S2. The number of aromatic nitrogens is 1. The van der Waals surface area contributed by atoms with Gasteiger partial charge in [0.25, 0.3) is 0 Å². The first-order valence-corrected chi connectivity index (χ1v) is 6.16. The second-order valence-corrected chi connectivity index (χ2v) is 4.89. The predicted molar refractivity (Wildman–Crippen MR) is 63.2 cm³/mol. The van der Waals surface area contributed by atoms with Crippen molar-refractivity contribution >= 4 is 28.6 Å². The molecule has 0 radical (unpaired) electrons. The Morgan fingerprint density at radius 3 is 2.79 bits per heavy atom. The standard InChI is InChI=1S/C10H12N2S2/c1-7-5-13-6-10(7)11-4-9-3-8(2)12-14-9/h3,5-6,11H,4H2,1-2H3. The largest absolute Gasteiger partial charge is 0.379 e. The van der Waals surface area contributed by atoms with E-state index in [4.69, 9.17) is 0 Å². The Morgan fingerprint density at radius 2 is 2.21 bits per heavy atom. The van der Waals surface area contributed by atoms with Crippen LogP contribution in [-0.4, -0.2) is 4.37 Å². The van der Waals surface area contributed by atoms with Crippen LogP contribution in [-0.2, 0) is 6.54 Å².